The van der Waals surface area contributed by atoms with E-state index in [-0.39, 0.29) is 12.0 Å². The molecule has 14 heavy (non-hydrogen) atoms. The van der Waals surface area contributed by atoms with Crippen molar-refractivity contribution >= 4 is 0 Å². The van der Waals surface area contributed by atoms with Crippen LogP contribution in [0.2, 0.25) is 0 Å². The van der Waals surface area contributed by atoms with Gasteiger partial charge >= 0.3 is 6.18 Å². The van der Waals surface area contributed by atoms with Gasteiger partial charge in [0.15, 0.2) is 0 Å². The number of H-pyrrole nitrogens is 1. The molecule has 0 fully saturated rings. The minimum atomic E-state index is -4.30. The zero-order valence-electron chi connectivity index (χ0n) is 8.02. The Labute approximate surface area is 80.3 Å². The summed E-state index contributed by atoms with van der Waals surface area (Å²) in [6, 6.07) is 0.677. The molecule has 0 bridgehead atoms. The van der Waals surface area contributed by atoms with Gasteiger partial charge in [0, 0.05) is 17.9 Å². The van der Waals surface area contributed by atoms with Gasteiger partial charge in [0.1, 0.15) is 0 Å². The summed E-state index contributed by atoms with van der Waals surface area (Å²) in [5, 5.41) is 0. The second kappa shape index (κ2) is 3.65. The highest BCUT2D eigenvalue weighted by Gasteiger charge is 2.32. The fraction of sp³-hybridized carbons (Fsp3) is 0.556. The van der Waals surface area contributed by atoms with Crippen LogP contribution in [0.25, 0.3) is 0 Å². The summed E-state index contributed by atoms with van der Waals surface area (Å²) < 4.78 is 36.6. The Morgan fingerprint density at radius 3 is 2.29 bits per heavy atom. The second-order valence-corrected chi connectivity index (χ2v) is 3.61. The molecule has 0 aliphatic carbocycles. The number of nitrogens with one attached hydrogen (secondary N) is 1. The maximum Gasteiger partial charge on any atom is 0.417 e. The van der Waals surface area contributed by atoms with Crippen LogP contribution in [-0.4, -0.2) is 4.98 Å². The molecule has 0 saturated carbocycles. The monoisotopic (exact) mass is 206 g/mol. The van der Waals surface area contributed by atoms with Gasteiger partial charge in [-0.2, -0.15) is 13.2 Å². The van der Waals surface area contributed by atoms with E-state index in [0.29, 0.717) is 5.69 Å². The highest BCUT2D eigenvalue weighted by molar-refractivity contribution is 5.22. The van der Waals surface area contributed by atoms with Crippen LogP contribution < -0.4 is 5.73 Å². The lowest BCUT2D eigenvalue weighted by Crippen LogP contribution is -2.16. The molecule has 3 N–H and O–H groups in total. The van der Waals surface area contributed by atoms with Crippen molar-refractivity contribution in [3.8, 4) is 0 Å². The van der Waals surface area contributed by atoms with Crippen molar-refractivity contribution < 1.29 is 13.2 Å². The molecule has 0 aliphatic heterocycles. The average molecular weight is 206 g/mol. The first-order chi connectivity index (χ1) is 6.32. The average Bonchev–Trinajstić information content (AvgIpc) is 2.49. The Morgan fingerprint density at radius 2 is 1.93 bits per heavy atom. The molecule has 1 aromatic rings. The Bertz CT molecular complexity index is 301. The molecule has 0 unspecified atom stereocenters. The maximum absolute atomic E-state index is 12.2. The van der Waals surface area contributed by atoms with Gasteiger partial charge in [-0.05, 0) is 12.0 Å². The van der Waals surface area contributed by atoms with Crippen LogP contribution in [0.4, 0.5) is 13.2 Å². The summed E-state index contributed by atoms with van der Waals surface area (Å²) in [4.78, 5) is 2.55. The van der Waals surface area contributed by atoms with Crippen LogP contribution in [0.15, 0.2) is 12.3 Å². The molecule has 0 amide bonds. The number of hydrogen-bond donors (Lipinski definition) is 2. The van der Waals surface area contributed by atoms with Crippen molar-refractivity contribution in [2.45, 2.75) is 26.1 Å². The molecule has 1 aromatic heterocycles. The molecule has 0 saturated heterocycles. The molecule has 80 valence electrons. The molecule has 1 atom stereocenters. The van der Waals surface area contributed by atoms with Crippen molar-refractivity contribution in [2.75, 3.05) is 0 Å². The van der Waals surface area contributed by atoms with Crippen LogP contribution in [-0.2, 0) is 6.18 Å². The minimum Gasteiger partial charge on any atom is -0.363 e. The lowest BCUT2D eigenvalue weighted by atomic mass is 10.0. The van der Waals surface area contributed by atoms with E-state index in [4.69, 9.17) is 5.73 Å². The van der Waals surface area contributed by atoms with Crippen LogP contribution in [0.3, 0.4) is 0 Å². The van der Waals surface area contributed by atoms with Gasteiger partial charge in [0.25, 0.3) is 0 Å². The zero-order chi connectivity index (χ0) is 10.9. The minimum absolute atomic E-state index is 0.106. The number of rotatable bonds is 2. The number of alkyl halides is 3. The van der Waals surface area contributed by atoms with Gasteiger partial charge in [-0.25, -0.2) is 0 Å². The molecule has 2 nitrogen and oxygen atoms in total. The smallest absolute Gasteiger partial charge is 0.363 e. The Morgan fingerprint density at radius 1 is 1.36 bits per heavy atom. The first-order valence-corrected chi connectivity index (χ1v) is 4.33. The van der Waals surface area contributed by atoms with Gasteiger partial charge < -0.3 is 10.7 Å². The van der Waals surface area contributed by atoms with E-state index in [0.717, 1.165) is 12.3 Å². The number of hydrogen-bond acceptors (Lipinski definition) is 1. The highest BCUT2D eigenvalue weighted by Crippen LogP contribution is 2.31. The molecule has 0 aromatic carbocycles. The van der Waals surface area contributed by atoms with Crippen molar-refractivity contribution in [1.82, 2.24) is 4.98 Å². The Hall–Kier alpha value is -0.970. The molecular weight excluding hydrogens is 193 g/mol. The van der Waals surface area contributed by atoms with Crippen LogP contribution in [0.5, 0.6) is 0 Å². The van der Waals surface area contributed by atoms with E-state index >= 15 is 0 Å². The molecule has 0 spiro atoms. The quantitative estimate of drug-likeness (QED) is 0.767. The Kier molecular flexibility index (Phi) is 2.89. The largest absolute Gasteiger partial charge is 0.417 e. The number of aromatic amines is 1. The number of aromatic nitrogens is 1. The fourth-order valence-corrected chi connectivity index (χ4v) is 1.13. The van der Waals surface area contributed by atoms with E-state index in [9.17, 15) is 13.2 Å². The van der Waals surface area contributed by atoms with E-state index in [1.54, 1.807) is 0 Å². The van der Waals surface area contributed by atoms with Crippen LogP contribution in [0, 0.1) is 5.92 Å². The summed E-state index contributed by atoms with van der Waals surface area (Å²) in [7, 11) is 0. The van der Waals surface area contributed by atoms with Crippen molar-refractivity contribution in [1.29, 1.82) is 0 Å². The number of halogens is 3. The van der Waals surface area contributed by atoms with E-state index < -0.39 is 11.7 Å². The summed E-state index contributed by atoms with van der Waals surface area (Å²) in [6.45, 7) is 3.72. The SMILES string of the molecule is CC(C)[C@@H](N)c1cc(C(F)(F)F)c[nH]1. The fourth-order valence-electron chi connectivity index (χ4n) is 1.13. The summed E-state index contributed by atoms with van der Waals surface area (Å²) in [5.41, 5.74) is 5.44. The third kappa shape index (κ3) is 2.29. The van der Waals surface area contributed by atoms with Gasteiger partial charge in [-0.3, -0.25) is 0 Å². The van der Waals surface area contributed by atoms with Crippen LogP contribution >= 0.6 is 0 Å². The summed E-state index contributed by atoms with van der Waals surface area (Å²) in [6.07, 6.45) is -3.36. The van der Waals surface area contributed by atoms with Crippen molar-refractivity contribution in [2.24, 2.45) is 11.7 Å². The van der Waals surface area contributed by atoms with Gasteiger partial charge in [0.2, 0.25) is 0 Å². The molecule has 0 radical (unpaired) electrons. The van der Waals surface area contributed by atoms with Gasteiger partial charge in [-0.1, -0.05) is 13.8 Å². The summed E-state index contributed by atoms with van der Waals surface area (Å²) >= 11 is 0. The van der Waals surface area contributed by atoms with Crippen molar-refractivity contribution in [3.05, 3.63) is 23.5 Å². The van der Waals surface area contributed by atoms with Gasteiger partial charge in [0.05, 0.1) is 5.56 Å². The first-order valence-electron chi connectivity index (χ1n) is 4.33. The van der Waals surface area contributed by atoms with Gasteiger partial charge in [-0.15, -0.1) is 0 Å². The highest BCUT2D eigenvalue weighted by atomic mass is 19.4. The van der Waals surface area contributed by atoms with Crippen LogP contribution in [0.1, 0.15) is 31.1 Å². The maximum atomic E-state index is 12.2. The zero-order valence-corrected chi connectivity index (χ0v) is 8.02. The molecule has 1 heterocycles. The summed E-state index contributed by atoms with van der Waals surface area (Å²) in [5.74, 6) is 0.106. The second-order valence-electron chi connectivity index (χ2n) is 3.61. The normalized spacial score (nSPS) is 14.8. The molecule has 0 aliphatic rings. The standard InChI is InChI=1S/C9H13F3N2/c1-5(2)8(13)7-3-6(4-14-7)9(10,11)12/h3-5,8,14H,13H2,1-2H3/t8-/m1/s1. The predicted octanol–water partition coefficient (Wildman–Crippen LogP) is 2.69. The number of nitrogens with two attached hydrogens (primary N) is 1. The third-order valence-electron chi connectivity index (χ3n) is 2.11. The first kappa shape index (κ1) is 11.1. The Balaban J connectivity index is 2.89. The lowest BCUT2D eigenvalue weighted by Gasteiger charge is -2.13. The van der Waals surface area contributed by atoms with E-state index in [2.05, 4.69) is 4.98 Å². The van der Waals surface area contributed by atoms with E-state index in [1.165, 1.54) is 0 Å². The lowest BCUT2D eigenvalue weighted by molar-refractivity contribution is -0.137. The van der Waals surface area contributed by atoms with Crippen molar-refractivity contribution in [3.63, 3.8) is 0 Å². The van der Waals surface area contributed by atoms with E-state index in [1.807, 2.05) is 13.8 Å². The third-order valence-corrected chi connectivity index (χ3v) is 2.11. The topological polar surface area (TPSA) is 41.8 Å². The molecule has 5 heteroatoms. The molecule has 1 rings (SSSR count). The molecular formula is C9H13F3N2. The predicted molar refractivity (Wildman–Crippen MR) is 47.6 cm³/mol.